The van der Waals surface area contributed by atoms with Crippen LogP contribution in [-0.4, -0.2) is 30.2 Å². The van der Waals surface area contributed by atoms with Crippen molar-refractivity contribution in [2.75, 3.05) is 13.1 Å². The third-order valence-corrected chi connectivity index (χ3v) is 3.34. The Hall–Kier alpha value is -0.730. The maximum atomic E-state index is 11.8. The van der Waals surface area contributed by atoms with Gasteiger partial charge >= 0.3 is 6.09 Å². The highest BCUT2D eigenvalue weighted by Gasteiger charge is 2.18. The molecule has 0 aromatic heterocycles. The molecule has 0 aliphatic heterocycles. The van der Waals surface area contributed by atoms with E-state index < -0.39 is 0 Å². The van der Waals surface area contributed by atoms with Gasteiger partial charge in [-0.2, -0.15) is 0 Å². The van der Waals surface area contributed by atoms with E-state index in [0.717, 1.165) is 25.9 Å². The van der Waals surface area contributed by atoms with E-state index >= 15 is 0 Å². The van der Waals surface area contributed by atoms with Gasteiger partial charge in [-0.15, -0.1) is 0 Å². The van der Waals surface area contributed by atoms with Crippen LogP contribution < -0.4 is 0 Å². The molecular weight excluding hydrogens is 202 g/mol. The summed E-state index contributed by atoms with van der Waals surface area (Å²) in [5.41, 5.74) is 0. The van der Waals surface area contributed by atoms with E-state index in [9.17, 15) is 4.79 Å². The van der Waals surface area contributed by atoms with E-state index in [1.807, 2.05) is 13.8 Å². The second-order valence-electron chi connectivity index (χ2n) is 4.52. The highest BCUT2D eigenvalue weighted by atomic mass is 16.6. The van der Waals surface area contributed by atoms with Gasteiger partial charge in [-0.25, -0.2) is 4.79 Å². The molecule has 1 saturated carbocycles. The fourth-order valence-corrected chi connectivity index (χ4v) is 2.24. The topological polar surface area (TPSA) is 29.5 Å². The van der Waals surface area contributed by atoms with Crippen LogP contribution in [-0.2, 0) is 4.74 Å². The number of rotatable bonds is 3. The number of ether oxygens (including phenoxy) is 1. The first kappa shape index (κ1) is 13.3. The van der Waals surface area contributed by atoms with Crippen molar-refractivity contribution in [1.29, 1.82) is 0 Å². The molecule has 0 radical (unpaired) electrons. The van der Waals surface area contributed by atoms with Crippen LogP contribution in [0.3, 0.4) is 0 Å². The van der Waals surface area contributed by atoms with Gasteiger partial charge in [0.05, 0.1) is 0 Å². The number of hydrogen-bond acceptors (Lipinski definition) is 2. The predicted molar refractivity (Wildman–Crippen MR) is 65.5 cm³/mol. The SMILES string of the molecule is CCN(CC)C(=O)OC1CCCCCCC1. The van der Waals surface area contributed by atoms with Crippen LogP contribution in [0.25, 0.3) is 0 Å². The highest BCUT2D eigenvalue weighted by Crippen LogP contribution is 2.20. The lowest BCUT2D eigenvalue weighted by atomic mass is 9.99. The largest absolute Gasteiger partial charge is 0.446 e. The smallest absolute Gasteiger partial charge is 0.410 e. The van der Waals surface area contributed by atoms with Gasteiger partial charge in [-0.1, -0.05) is 19.3 Å². The minimum atomic E-state index is -0.129. The first-order chi connectivity index (χ1) is 7.77. The summed E-state index contributed by atoms with van der Waals surface area (Å²) in [5.74, 6) is 0. The quantitative estimate of drug-likeness (QED) is 0.737. The summed E-state index contributed by atoms with van der Waals surface area (Å²) >= 11 is 0. The summed E-state index contributed by atoms with van der Waals surface area (Å²) in [6, 6.07) is 0. The van der Waals surface area contributed by atoms with Crippen molar-refractivity contribution in [2.45, 2.75) is 64.9 Å². The number of carbonyl (C=O) groups is 1. The fourth-order valence-electron chi connectivity index (χ4n) is 2.24. The molecule has 0 aromatic rings. The summed E-state index contributed by atoms with van der Waals surface area (Å²) < 4.78 is 5.56. The zero-order valence-electron chi connectivity index (χ0n) is 10.7. The molecule has 3 nitrogen and oxygen atoms in total. The third kappa shape index (κ3) is 4.42. The number of carbonyl (C=O) groups excluding carboxylic acids is 1. The third-order valence-electron chi connectivity index (χ3n) is 3.34. The van der Waals surface area contributed by atoms with E-state index in [2.05, 4.69) is 0 Å². The first-order valence-electron chi connectivity index (χ1n) is 6.73. The Kier molecular flexibility index (Phi) is 6.27. The minimum absolute atomic E-state index is 0.129. The monoisotopic (exact) mass is 227 g/mol. The molecule has 16 heavy (non-hydrogen) atoms. The Labute approximate surface area is 99.1 Å². The standard InChI is InChI=1S/C13H25NO2/c1-3-14(4-2)13(15)16-12-10-8-6-5-7-9-11-12/h12H,3-11H2,1-2H3. The molecule has 0 unspecified atom stereocenters. The lowest BCUT2D eigenvalue weighted by Gasteiger charge is -2.24. The molecule has 0 atom stereocenters. The van der Waals surface area contributed by atoms with Crippen molar-refractivity contribution in [1.82, 2.24) is 4.90 Å². The summed E-state index contributed by atoms with van der Waals surface area (Å²) in [7, 11) is 0. The molecule has 1 aliphatic rings. The van der Waals surface area contributed by atoms with Crippen LogP contribution in [0, 0.1) is 0 Å². The molecule has 1 aliphatic carbocycles. The van der Waals surface area contributed by atoms with Gasteiger partial charge in [0.25, 0.3) is 0 Å². The van der Waals surface area contributed by atoms with Crippen LogP contribution >= 0.6 is 0 Å². The molecule has 1 amide bonds. The number of amides is 1. The predicted octanol–water partition coefficient (Wildman–Crippen LogP) is 3.58. The second kappa shape index (κ2) is 7.53. The molecule has 0 bridgehead atoms. The number of hydrogen-bond donors (Lipinski definition) is 0. The molecule has 0 spiro atoms. The van der Waals surface area contributed by atoms with Gasteiger partial charge in [-0.3, -0.25) is 0 Å². The van der Waals surface area contributed by atoms with Gasteiger partial charge in [0.2, 0.25) is 0 Å². The van der Waals surface area contributed by atoms with Crippen LogP contribution in [0.15, 0.2) is 0 Å². The molecule has 1 rings (SSSR count). The van der Waals surface area contributed by atoms with E-state index in [0.29, 0.717) is 0 Å². The maximum absolute atomic E-state index is 11.8. The summed E-state index contributed by atoms with van der Waals surface area (Å²) in [6.45, 7) is 5.45. The molecule has 0 N–H and O–H groups in total. The van der Waals surface area contributed by atoms with E-state index in [4.69, 9.17) is 4.74 Å². The molecule has 0 heterocycles. The van der Waals surface area contributed by atoms with Crippen molar-refractivity contribution < 1.29 is 9.53 Å². The van der Waals surface area contributed by atoms with Gasteiger partial charge in [0.1, 0.15) is 6.10 Å². The van der Waals surface area contributed by atoms with Crippen LogP contribution in [0.1, 0.15) is 58.8 Å². The van der Waals surface area contributed by atoms with Crippen molar-refractivity contribution in [3.05, 3.63) is 0 Å². The Balaban J connectivity index is 2.35. The summed E-state index contributed by atoms with van der Waals surface area (Å²) in [6.07, 6.45) is 8.46. The molecule has 0 aromatic carbocycles. The van der Waals surface area contributed by atoms with Gasteiger partial charge in [0.15, 0.2) is 0 Å². The lowest BCUT2D eigenvalue weighted by molar-refractivity contribution is 0.0531. The lowest BCUT2D eigenvalue weighted by Crippen LogP contribution is -2.34. The maximum Gasteiger partial charge on any atom is 0.410 e. The minimum Gasteiger partial charge on any atom is -0.446 e. The van der Waals surface area contributed by atoms with Gasteiger partial charge in [0, 0.05) is 13.1 Å². The van der Waals surface area contributed by atoms with Crippen molar-refractivity contribution in [2.24, 2.45) is 0 Å². The zero-order valence-corrected chi connectivity index (χ0v) is 10.7. The fraction of sp³-hybridized carbons (Fsp3) is 0.923. The Morgan fingerprint density at radius 1 is 1.06 bits per heavy atom. The number of nitrogens with zero attached hydrogens (tertiary/aromatic N) is 1. The van der Waals surface area contributed by atoms with Crippen molar-refractivity contribution >= 4 is 6.09 Å². The Morgan fingerprint density at radius 3 is 2.06 bits per heavy atom. The highest BCUT2D eigenvalue weighted by molar-refractivity contribution is 5.67. The Bertz CT molecular complexity index is 194. The van der Waals surface area contributed by atoms with Crippen LogP contribution in [0.2, 0.25) is 0 Å². The molecular formula is C13H25NO2. The van der Waals surface area contributed by atoms with E-state index in [1.165, 1.54) is 32.1 Å². The normalized spacial score (nSPS) is 18.6. The molecule has 3 heteroatoms. The van der Waals surface area contributed by atoms with Gasteiger partial charge in [-0.05, 0) is 39.5 Å². The zero-order chi connectivity index (χ0) is 11.8. The summed E-state index contributed by atoms with van der Waals surface area (Å²) in [4.78, 5) is 13.5. The first-order valence-corrected chi connectivity index (χ1v) is 6.73. The van der Waals surface area contributed by atoms with E-state index in [1.54, 1.807) is 4.90 Å². The Morgan fingerprint density at radius 2 is 1.56 bits per heavy atom. The second-order valence-corrected chi connectivity index (χ2v) is 4.52. The van der Waals surface area contributed by atoms with Crippen molar-refractivity contribution in [3.8, 4) is 0 Å². The molecule has 0 saturated heterocycles. The van der Waals surface area contributed by atoms with E-state index in [-0.39, 0.29) is 12.2 Å². The average Bonchev–Trinajstić information content (AvgIpc) is 2.23. The molecule has 94 valence electrons. The molecule has 1 fully saturated rings. The van der Waals surface area contributed by atoms with Crippen LogP contribution in [0.5, 0.6) is 0 Å². The van der Waals surface area contributed by atoms with Crippen molar-refractivity contribution in [3.63, 3.8) is 0 Å². The van der Waals surface area contributed by atoms with Crippen LogP contribution in [0.4, 0.5) is 4.79 Å². The summed E-state index contributed by atoms with van der Waals surface area (Å²) in [5, 5.41) is 0. The average molecular weight is 227 g/mol. The van der Waals surface area contributed by atoms with Gasteiger partial charge < -0.3 is 9.64 Å².